The van der Waals surface area contributed by atoms with Crippen molar-refractivity contribution in [3.05, 3.63) is 58.7 Å². The summed E-state index contributed by atoms with van der Waals surface area (Å²) < 4.78 is 3.23. The predicted octanol–water partition coefficient (Wildman–Crippen LogP) is 1.21. The van der Waals surface area contributed by atoms with Gasteiger partial charge in [-0.3, -0.25) is 0 Å². The van der Waals surface area contributed by atoms with Gasteiger partial charge in [-0.25, -0.2) is 0 Å². The minimum atomic E-state index is 0.453. The fourth-order valence-electron chi connectivity index (χ4n) is 3.43. The van der Waals surface area contributed by atoms with Gasteiger partial charge in [0.1, 0.15) is 0 Å². The third-order valence-electron chi connectivity index (χ3n) is 4.51. The van der Waals surface area contributed by atoms with Crippen molar-refractivity contribution in [1.29, 1.82) is 0 Å². The molecule has 2 aromatic rings. The predicted molar refractivity (Wildman–Crippen MR) is 133 cm³/mol. The summed E-state index contributed by atoms with van der Waals surface area (Å²) in [5, 5.41) is 0. The van der Waals surface area contributed by atoms with Crippen LogP contribution in [0.15, 0.2) is 36.4 Å². The van der Waals surface area contributed by atoms with Crippen LogP contribution in [0.25, 0.3) is 0 Å². The number of hydrogen-bond acceptors (Lipinski definition) is 4. The molecule has 4 nitrogen and oxygen atoms in total. The van der Waals surface area contributed by atoms with Gasteiger partial charge in [-0.2, -0.15) is 0 Å². The number of nitrogens with zero attached hydrogens (tertiary/aromatic N) is 4. The first-order valence-electron chi connectivity index (χ1n) is 10.3. The van der Waals surface area contributed by atoms with Gasteiger partial charge in [-0.05, 0) is 0 Å². The molecule has 0 saturated carbocycles. The zero-order valence-electron chi connectivity index (χ0n) is 19.9. The molecule has 0 radical (unpaired) electrons. The Hall–Kier alpha value is -0.681. The van der Waals surface area contributed by atoms with Crippen LogP contribution in [0.3, 0.4) is 0 Å². The third-order valence-corrected chi connectivity index (χ3v) is 12.1. The summed E-state index contributed by atoms with van der Waals surface area (Å²) in [5.41, 5.74) is 6.00. The van der Waals surface area contributed by atoms with E-state index in [1.54, 1.807) is 8.92 Å². The summed E-state index contributed by atoms with van der Waals surface area (Å²) >= 11 is 0.906. The SMILES string of the molecule is CN(C)Cc1cccc(CN(C)C)c1[Se][Se]c1c(CN(C)C)cccc1CN(C)C. The molecule has 0 atom stereocenters. The first-order chi connectivity index (χ1) is 14.2. The molecule has 0 spiro atoms. The molecule has 0 aliphatic carbocycles. The summed E-state index contributed by atoms with van der Waals surface area (Å²) in [6, 6.07) is 13.8. The molecule has 0 aromatic heterocycles. The monoisotopic (exact) mass is 542 g/mol. The maximum atomic E-state index is 2.33. The van der Waals surface area contributed by atoms with Gasteiger partial charge in [0.05, 0.1) is 0 Å². The van der Waals surface area contributed by atoms with Crippen molar-refractivity contribution in [2.45, 2.75) is 26.2 Å². The summed E-state index contributed by atoms with van der Waals surface area (Å²) in [5.74, 6) is 0. The number of benzene rings is 2. The molecule has 2 rings (SSSR count). The molecular formula is C24H38N4Se2. The van der Waals surface area contributed by atoms with Gasteiger partial charge in [0.25, 0.3) is 0 Å². The summed E-state index contributed by atoms with van der Waals surface area (Å²) in [4.78, 5) is 9.16. The fraction of sp³-hybridized carbons (Fsp3) is 0.500. The van der Waals surface area contributed by atoms with E-state index in [9.17, 15) is 0 Å². The average Bonchev–Trinajstić information content (AvgIpc) is 2.61. The number of rotatable bonds is 11. The van der Waals surface area contributed by atoms with Crippen LogP contribution in [-0.4, -0.2) is 102 Å². The summed E-state index contributed by atoms with van der Waals surface area (Å²) in [7, 11) is 17.4. The summed E-state index contributed by atoms with van der Waals surface area (Å²) in [6.45, 7) is 4.05. The van der Waals surface area contributed by atoms with Gasteiger partial charge in [-0.1, -0.05) is 0 Å². The second kappa shape index (κ2) is 12.4. The van der Waals surface area contributed by atoms with E-state index in [2.05, 4.69) is 112 Å². The van der Waals surface area contributed by atoms with Crippen LogP contribution >= 0.6 is 0 Å². The van der Waals surface area contributed by atoms with E-state index in [4.69, 9.17) is 0 Å². The van der Waals surface area contributed by atoms with Crippen molar-refractivity contribution in [2.75, 3.05) is 56.4 Å². The van der Waals surface area contributed by atoms with E-state index < -0.39 is 0 Å². The molecule has 166 valence electrons. The van der Waals surface area contributed by atoms with Crippen LogP contribution in [-0.2, 0) is 26.2 Å². The topological polar surface area (TPSA) is 13.0 Å². The van der Waals surface area contributed by atoms with Crippen LogP contribution in [0.1, 0.15) is 22.3 Å². The van der Waals surface area contributed by atoms with Crippen LogP contribution in [0.4, 0.5) is 0 Å². The molecule has 0 unspecified atom stereocenters. The molecule has 0 bridgehead atoms. The van der Waals surface area contributed by atoms with Crippen molar-refractivity contribution >= 4 is 35.2 Å². The maximum absolute atomic E-state index is 2.33. The first-order valence-corrected chi connectivity index (χ1v) is 16.4. The van der Waals surface area contributed by atoms with Gasteiger partial charge in [0, 0.05) is 0 Å². The molecule has 0 heterocycles. The molecule has 2 aromatic carbocycles. The van der Waals surface area contributed by atoms with E-state index in [1.807, 2.05) is 0 Å². The normalized spacial score (nSPS) is 12.0. The Labute approximate surface area is 195 Å². The quantitative estimate of drug-likeness (QED) is 0.398. The van der Waals surface area contributed by atoms with Gasteiger partial charge in [0.2, 0.25) is 0 Å². The van der Waals surface area contributed by atoms with Gasteiger partial charge < -0.3 is 0 Å². The van der Waals surface area contributed by atoms with Crippen molar-refractivity contribution in [2.24, 2.45) is 0 Å². The second-order valence-electron chi connectivity index (χ2n) is 8.93. The summed E-state index contributed by atoms with van der Waals surface area (Å²) in [6.07, 6.45) is 0. The van der Waals surface area contributed by atoms with Crippen molar-refractivity contribution in [3.8, 4) is 0 Å². The van der Waals surface area contributed by atoms with E-state index >= 15 is 0 Å². The molecule has 6 heteroatoms. The van der Waals surface area contributed by atoms with E-state index in [0.29, 0.717) is 26.3 Å². The second-order valence-corrected chi connectivity index (χ2v) is 15.0. The standard InChI is InChI=1S/C24H38N4Se2/c1-25(2)15-19-11-9-12-20(16-26(3)4)23(19)29-30-24-21(17-27(5)6)13-10-14-22(24)18-28(7)8/h9-14H,15-18H2,1-8H3. The number of hydrogen-bond donors (Lipinski definition) is 0. The Kier molecular flexibility index (Phi) is 10.6. The van der Waals surface area contributed by atoms with E-state index in [0.717, 1.165) is 26.2 Å². The zero-order chi connectivity index (χ0) is 22.3. The molecule has 30 heavy (non-hydrogen) atoms. The van der Waals surface area contributed by atoms with Crippen LogP contribution in [0, 0.1) is 0 Å². The molecule has 0 aliphatic rings. The van der Waals surface area contributed by atoms with Crippen molar-refractivity contribution in [3.63, 3.8) is 0 Å². The van der Waals surface area contributed by atoms with Gasteiger partial charge >= 0.3 is 196 Å². The first kappa shape index (κ1) is 25.6. The van der Waals surface area contributed by atoms with Gasteiger partial charge in [0.15, 0.2) is 0 Å². The Balaban J connectivity index is 2.41. The Bertz CT molecular complexity index is 680. The van der Waals surface area contributed by atoms with Gasteiger partial charge in [-0.15, -0.1) is 0 Å². The Morgan fingerprint density at radius 2 is 0.700 bits per heavy atom. The van der Waals surface area contributed by atoms with Crippen LogP contribution in [0.5, 0.6) is 0 Å². The van der Waals surface area contributed by atoms with Crippen molar-refractivity contribution in [1.82, 2.24) is 19.6 Å². The Morgan fingerprint density at radius 1 is 0.467 bits per heavy atom. The van der Waals surface area contributed by atoms with E-state index in [1.165, 1.54) is 22.3 Å². The molecular weight excluding hydrogens is 502 g/mol. The molecule has 0 N–H and O–H groups in total. The van der Waals surface area contributed by atoms with E-state index in [-0.39, 0.29) is 0 Å². The molecule has 0 aliphatic heterocycles. The molecule has 0 fully saturated rings. The Morgan fingerprint density at radius 3 is 0.900 bits per heavy atom. The zero-order valence-corrected chi connectivity index (χ0v) is 23.3. The van der Waals surface area contributed by atoms with Crippen molar-refractivity contribution < 1.29 is 0 Å². The van der Waals surface area contributed by atoms with Crippen LogP contribution < -0.4 is 8.92 Å². The van der Waals surface area contributed by atoms with Crippen LogP contribution in [0.2, 0.25) is 0 Å². The molecule has 0 saturated heterocycles. The molecule has 0 amide bonds. The third kappa shape index (κ3) is 8.11. The average molecular weight is 541 g/mol. The minimum absolute atomic E-state index is 0.453. The fourth-order valence-corrected chi connectivity index (χ4v) is 12.3.